The van der Waals surface area contributed by atoms with Crippen LogP contribution in [0.3, 0.4) is 0 Å². The van der Waals surface area contributed by atoms with E-state index in [0.717, 1.165) is 22.8 Å². The Bertz CT molecular complexity index is 1310. The summed E-state index contributed by atoms with van der Waals surface area (Å²) in [5.74, 6) is -1.16. The predicted molar refractivity (Wildman–Crippen MR) is 134 cm³/mol. The zero-order valence-corrected chi connectivity index (χ0v) is 21.4. The maximum absolute atomic E-state index is 13.8. The Hall–Kier alpha value is -2.32. The van der Waals surface area contributed by atoms with Crippen LogP contribution >= 0.6 is 0 Å². The van der Waals surface area contributed by atoms with E-state index >= 15 is 0 Å². The van der Waals surface area contributed by atoms with Gasteiger partial charge in [0.1, 0.15) is 0 Å². The lowest BCUT2D eigenvalue weighted by molar-refractivity contribution is 0.0845. The summed E-state index contributed by atoms with van der Waals surface area (Å²) in [5, 5.41) is 0. The van der Waals surface area contributed by atoms with Crippen LogP contribution in [-0.4, -0.2) is 44.7 Å². The Morgan fingerprint density at radius 3 is 2.42 bits per heavy atom. The van der Waals surface area contributed by atoms with Crippen LogP contribution in [0.2, 0.25) is 0 Å². The second kappa shape index (κ2) is 8.35. The Balaban J connectivity index is 1.29. The van der Waals surface area contributed by atoms with Gasteiger partial charge in [-0.1, -0.05) is 23.8 Å². The van der Waals surface area contributed by atoms with Gasteiger partial charge in [0.05, 0.1) is 4.90 Å². The first kappa shape index (κ1) is 24.0. The van der Waals surface area contributed by atoms with Crippen LogP contribution in [0.4, 0.5) is 14.5 Å². The van der Waals surface area contributed by atoms with E-state index in [4.69, 9.17) is 0 Å². The van der Waals surface area contributed by atoms with E-state index in [1.807, 2.05) is 17.0 Å². The van der Waals surface area contributed by atoms with Crippen LogP contribution in [0.25, 0.3) is 0 Å². The van der Waals surface area contributed by atoms with Gasteiger partial charge in [-0.3, -0.25) is 4.79 Å². The van der Waals surface area contributed by atoms with Crippen LogP contribution < -0.4 is 4.90 Å². The summed E-state index contributed by atoms with van der Waals surface area (Å²) in [5.41, 5.74) is 4.13. The highest BCUT2D eigenvalue weighted by Crippen LogP contribution is 2.62. The monoisotopic (exact) mass is 514 g/mol. The molecule has 2 saturated carbocycles. The fourth-order valence-electron chi connectivity index (χ4n) is 6.60. The summed E-state index contributed by atoms with van der Waals surface area (Å²) in [6, 6.07) is 12.3. The molecule has 0 radical (unpaired) electrons. The normalized spacial score (nSPS) is 24.6. The molecule has 6 rings (SSSR count). The molecule has 2 aliphatic heterocycles. The number of carbonyl (C=O) groups is 1. The van der Waals surface area contributed by atoms with Gasteiger partial charge in [-0.15, -0.1) is 0 Å². The van der Waals surface area contributed by atoms with Crippen LogP contribution in [0.1, 0.15) is 66.4 Å². The average Bonchev–Trinajstić information content (AvgIpc) is 3.30. The van der Waals surface area contributed by atoms with Crippen molar-refractivity contribution in [1.29, 1.82) is 0 Å². The van der Waals surface area contributed by atoms with Gasteiger partial charge in [0.2, 0.25) is 16.4 Å². The van der Waals surface area contributed by atoms with E-state index < -0.39 is 22.4 Å². The highest BCUT2D eigenvalue weighted by atomic mass is 32.2. The number of sulfonamides is 1. The summed E-state index contributed by atoms with van der Waals surface area (Å²) in [4.78, 5) is 15.6. The molecule has 1 amide bonds. The summed E-state index contributed by atoms with van der Waals surface area (Å²) in [6.45, 7) is 2.56. The number of fused-ring (bicyclic) bond motifs is 2. The number of amides is 1. The molecule has 5 nitrogen and oxygen atoms in total. The molecule has 192 valence electrons. The third-order valence-electron chi connectivity index (χ3n) is 9.21. The van der Waals surface area contributed by atoms with Gasteiger partial charge >= 0.3 is 0 Å². The second-order valence-electron chi connectivity index (χ2n) is 11.5. The maximum Gasteiger partial charge on any atom is 0.258 e. The lowest BCUT2D eigenvalue weighted by Gasteiger charge is -2.38. The van der Waals surface area contributed by atoms with Gasteiger partial charge in [-0.05, 0) is 87.1 Å². The number of aryl methyl sites for hydroxylation is 1. The molecule has 1 atom stereocenters. The Labute approximate surface area is 211 Å². The highest BCUT2D eigenvalue weighted by Gasteiger charge is 2.53. The minimum atomic E-state index is -3.95. The van der Waals surface area contributed by atoms with Crippen molar-refractivity contribution in [3.8, 4) is 0 Å². The van der Waals surface area contributed by atoms with Crippen molar-refractivity contribution in [2.24, 2.45) is 11.3 Å². The number of hydrogen-bond acceptors (Lipinski definition) is 3. The Morgan fingerprint density at radius 1 is 1.03 bits per heavy atom. The summed E-state index contributed by atoms with van der Waals surface area (Å²) in [7, 11) is -3.95. The number of carbonyl (C=O) groups excluding carboxylic acids is 1. The zero-order valence-electron chi connectivity index (χ0n) is 20.6. The molecule has 0 bridgehead atoms. The Morgan fingerprint density at radius 2 is 1.75 bits per heavy atom. The fraction of sp³-hybridized carbons (Fsp3) is 0.536. The third kappa shape index (κ3) is 3.88. The smallest absolute Gasteiger partial charge is 0.258 e. The molecular formula is C28H32F2N2O3S. The largest absolute Gasteiger partial charge is 0.307 e. The molecule has 2 aliphatic carbocycles. The summed E-state index contributed by atoms with van der Waals surface area (Å²) in [6.07, 6.45) is 4.79. The topological polar surface area (TPSA) is 57.7 Å². The molecule has 2 heterocycles. The molecule has 1 saturated heterocycles. The van der Waals surface area contributed by atoms with E-state index in [1.165, 1.54) is 48.9 Å². The number of benzene rings is 2. The third-order valence-corrected chi connectivity index (χ3v) is 11.1. The van der Waals surface area contributed by atoms with Crippen LogP contribution in [-0.2, 0) is 15.4 Å². The first-order valence-corrected chi connectivity index (χ1v) is 14.4. The Kier molecular flexibility index (Phi) is 5.58. The quantitative estimate of drug-likeness (QED) is 0.540. The molecule has 0 aromatic heterocycles. The molecule has 0 N–H and O–H groups in total. The molecular weight excluding hydrogens is 482 g/mol. The number of nitrogens with zero attached hydrogens (tertiary/aromatic N) is 2. The van der Waals surface area contributed by atoms with Gasteiger partial charge in [0.15, 0.2) is 0 Å². The maximum atomic E-state index is 13.8. The molecule has 2 aromatic rings. The van der Waals surface area contributed by atoms with E-state index in [2.05, 4.69) is 13.0 Å². The van der Waals surface area contributed by atoms with Gasteiger partial charge in [0, 0.05) is 42.2 Å². The molecule has 3 fully saturated rings. The molecule has 2 aromatic carbocycles. The molecule has 2 spiro atoms. The molecule has 4 aliphatic rings. The van der Waals surface area contributed by atoms with Crippen molar-refractivity contribution in [2.45, 2.75) is 68.6 Å². The first-order chi connectivity index (χ1) is 17.1. The molecule has 1 unspecified atom stereocenters. The second-order valence-corrected chi connectivity index (χ2v) is 13.4. The van der Waals surface area contributed by atoms with Crippen LogP contribution in [0, 0.1) is 18.3 Å². The van der Waals surface area contributed by atoms with E-state index in [-0.39, 0.29) is 35.7 Å². The number of anilines is 1. The van der Waals surface area contributed by atoms with Gasteiger partial charge < -0.3 is 4.90 Å². The molecule has 8 heteroatoms. The fourth-order valence-corrected chi connectivity index (χ4v) is 8.16. The van der Waals surface area contributed by atoms with E-state index in [1.54, 1.807) is 12.1 Å². The van der Waals surface area contributed by atoms with Crippen molar-refractivity contribution in [3.05, 3.63) is 59.2 Å². The SMILES string of the molecule is Cc1ccc2c(c1)C1(CCC3(CC3)CC1)CN2C(=O)c1cccc(S(=O)(=O)N2CCC(C(F)F)C2)c1. The number of rotatable bonds is 4. The zero-order chi connectivity index (χ0) is 25.3. The minimum Gasteiger partial charge on any atom is -0.307 e. The standard InChI is InChI=1S/C28H32F2N2O3S/c1-19-5-6-24-23(15-19)28(12-10-27(8-9-27)11-13-28)18-32(24)26(33)20-3-2-4-22(16-20)36(34,35)31-14-7-21(17-31)25(29)30/h2-6,15-16,21,25H,7-14,17-18H2,1H3. The van der Waals surface area contributed by atoms with Gasteiger partial charge in [0.25, 0.3) is 5.91 Å². The number of halogens is 2. The minimum absolute atomic E-state index is 0.0188. The lowest BCUT2D eigenvalue weighted by Crippen LogP contribution is -2.40. The highest BCUT2D eigenvalue weighted by molar-refractivity contribution is 7.89. The van der Waals surface area contributed by atoms with Crippen LogP contribution in [0.5, 0.6) is 0 Å². The van der Waals surface area contributed by atoms with E-state index in [0.29, 0.717) is 17.5 Å². The lowest BCUT2D eigenvalue weighted by atomic mass is 9.66. The van der Waals surface area contributed by atoms with Crippen molar-refractivity contribution in [3.63, 3.8) is 0 Å². The van der Waals surface area contributed by atoms with Crippen molar-refractivity contribution >= 4 is 21.6 Å². The number of alkyl halides is 2. The van der Waals surface area contributed by atoms with Crippen molar-refractivity contribution in [2.75, 3.05) is 24.5 Å². The van der Waals surface area contributed by atoms with Crippen molar-refractivity contribution < 1.29 is 22.0 Å². The average molecular weight is 515 g/mol. The summed E-state index contributed by atoms with van der Waals surface area (Å²) < 4.78 is 53.8. The predicted octanol–water partition coefficient (Wildman–Crippen LogP) is 5.52. The van der Waals surface area contributed by atoms with Gasteiger partial charge in [-0.2, -0.15) is 4.31 Å². The first-order valence-electron chi connectivity index (χ1n) is 12.9. The number of hydrogen-bond donors (Lipinski definition) is 0. The van der Waals surface area contributed by atoms with E-state index in [9.17, 15) is 22.0 Å². The molecule has 36 heavy (non-hydrogen) atoms. The van der Waals surface area contributed by atoms with Crippen molar-refractivity contribution in [1.82, 2.24) is 4.31 Å². The van der Waals surface area contributed by atoms with Crippen LogP contribution in [0.15, 0.2) is 47.4 Å². The van der Waals surface area contributed by atoms with Gasteiger partial charge in [-0.25, -0.2) is 17.2 Å². The summed E-state index contributed by atoms with van der Waals surface area (Å²) >= 11 is 0.